The first kappa shape index (κ1) is 22.9. The molecule has 176 valence electrons. The Morgan fingerprint density at radius 3 is 2.33 bits per heavy atom. The Morgan fingerprint density at radius 2 is 1.58 bits per heavy atom. The van der Waals surface area contributed by atoms with Crippen LogP contribution in [0.2, 0.25) is 5.02 Å². The first-order chi connectivity index (χ1) is 17.5. The summed E-state index contributed by atoms with van der Waals surface area (Å²) in [6, 6.07) is 32.8. The van der Waals surface area contributed by atoms with E-state index < -0.39 is 0 Å². The Labute approximate surface area is 223 Å². The van der Waals surface area contributed by atoms with Gasteiger partial charge in [0.05, 0.1) is 23.0 Å². The number of nitrogens with zero attached hydrogens (tertiary/aromatic N) is 4. The largest absolute Gasteiger partial charge is 0.247 e. The van der Waals surface area contributed by atoms with E-state index in [1.165, 1.54) is 5.56 Å². The van der Waals surface area contributed by atoms with Crippen LogP contribution < -0.4 is 5.01 Å². The summed E-state index contributed by atoms with van der Waals surface area (Å²) in [7, 11) is 0. The van der Waals surface area contributed by atoms with E-state index in [9.17, 15) is 0 Å². The number of aryl methyl sites for hydroxylation is 1. The van der Waals surface area contributed by atoms with Crippen LogP contribution in [-0.2, 0) is 0 Å². The van der Waals surface area contributed by atoms with Gasteiger partial charge < -0.3 is 0 Å². The van der Waals surface area contributed by atoms with Gasteiger partial charge in [0.25, 0.3) is 0 Å². The number of rotatable bonds is 4. The molecule has 0 aliphatic carbocycles. The number of halogens is 2. The number of hydrogen-bond donors (Lipinski definition) is 0. The van der Waals surface area contributed by atoms with Gasteiger partial charge in [0.1, 0.15) is 0 Å². The molecule has 5 aromatic rings. The SMILES string of the molecule is Cc1ccc(C2=NN(c3nc(-c4ccccc4)c4cc(Cl)ccc4n3)[C@@H](c3ccc(Br)cc3)C2)cc1. The molecule has 2 heterocycles. The van der Waals surface area contributed by atoms with E-state index in [1.807, 2.05) is 41.4 Å². The van der Waals surface area contributed by atoms with Crippen molar-refractivity contribution in [3.8, 4) is 11.3 Å². The maximum atomic E-state index is 6.37. The van der Waals surface area contributed by atoms with E-state index in [4.69, 9.17) is 26.7 Å². The molecule has 6 rings (SSSR count). The maximum absolute atomic E-state index is 6.37. The molecule has 1 aromatic heterocycles. The molecule has 1 aliphatic rings. The highest BCUT2D eigenvalue weighted by atomic mass is 79.9. The van der Waals surface area contributed by atoms with Crippen LogP contribution in [0.15, 0.2) is 107 Å². The number of hydrogen-bond acceptors (Lipinski definition) is 4. The van der Waals surface area contributed by atoms with Crippen LogP contribution >= 0.6 is 27.5 Å². The quantitative estimate of drug-likeness (QED) is 0.224. The van der Waals surface area contributed by atoms with Gasteiger partial charge in [0.15, 0.2) is 0 Å². The summed E-state index contributed by atoms with van der Waals surface area (Å²) in [5.41, 5.74) is 7.19. The smallest absolute Gasteiger partial charge is 0.223 e. The average Bonchev–Trinajstić information content (AvgIpc) is 3.35. The Morgan fingerprint density at radius 1 is 0.833 bits per heavy atom. The van der Waals surface area contributed by atoms with E-state index in [1.54, 1.807) is 0 Å². The maximum Gasteiger partial charge on any atom is 0.247 e. The van der Waals surface area contributed by atoms with Crippen molar-refractivity contribution < 1.29 is 0 Å². The normalized spacial score (nSPS) is 15.4. The average molecular weight is 554 g/mol. The lowest BCUT2D eigenvalue weighted by atomic mass is 9.98. The molecule has 0 amide bonds. The van der Waals surface area contributed by atoms with Crippen molar-refractivity contribution >= 4 is 50.1 Å². The fraction of sp³-hybridized carbons (Fsp3) is 0.100. The van der Waals surface area contributed by atoms with Crippen molar-refractivity contribution in [1.29, 1.82) is 0 Å². The lowest BCUT2D eigenvalue weighted by Gasteiger charge is -2.23. The fourth-order valence-corrected chi connectivity index (χ4v) is 5.00. The van der Waals surface area contributed by atoms with Crippen molar-refractivity contribution in [2.75, 3.05) is 5.01 Å². The van der Waals surface area contributed by atoms with E-state index in [0.717, 1.165) is 49.9 Å². The van der Waals surface area contributed by atoms with Gasteiger partial charge in [-0.25, -0.2) is 15.0 Å². The summed E-state index contributed by atoms with van der Waals surface area (Å²) in [5, 5.41) is 8.63. The zero-order valence-electron chi connectivity index (χ0n) is 19.6. The molecular formula is C30H22BrClN4. The molecule has 1 aliphatic heterocycles. The first-order valence-electron chi connectivity index (χ1n) is 11.8. The monoisotopic (exact) mass is 552 g/mol. The third-order valence-electron chi connectivity index (χ3n) is 6.45. The number of benzene rings is 4. The Bertz CT molecular complexity index is 1580. The number of aromatic nitrogens is 2. The molecule has 0 spiro atoms. The van der Waals surface area contributed by atoms with Crippen LogP contribution in [0.3, 0.4) is 0 Å². The zero-order valence-corrected chi connectivity index (χ0v) is 21.9. The minimum atomic E-state index is -0.0252. The van der Waals surface area contributed by atoms with Gasteiger partial charge in [-0.05, 0) is 48.4 Å². The standard InChI is InChI=1S/C30H22BrClN4/c1-19-7-9-20(10-8-19)27-18-28(21-11-13-23(31)14-12-21)36(35-27)30-33-26-16-15-24(32)17-25(26)29(34-30)22-5-3-2-4-6-22/h2-17,28H,18H2,1H3/t28-/m1/s1. The Balaban J connectivity index is 1.53. The van der Waals surface area contributed by atoms with E-state index in [0.29, 0.717) is 11.0 Å². The van der Waals surface area contributed by atoms with Crippen LogP contribution in [0.5, 0.6) is 0 Å². The predicted octanol–water partition coefficient (Wildman–Crippen LogP) is 8.38. The van der Waals surface area contributed by atoms with Crippen LogP contribution in [0, 0.1) is 6.92 Å². The number of hydrazone groups is 1. The Hall–Kier alpha value is -3.54. The van der Waals surface area contributed by atoms with Crippen molar-refractivity contribution in [2.24, 2.45) is 5.10 Å². The van der Waals surface area contributed by atoms with E-state index in [-0.39, 0.29) is 6.04 Å². The van der Waals surface area contributed by atoms with Gasteiger partial charge in [-0.1, -0.05) is 99.8 Å². The zero-order chi connectivity index (χ0) is 24.6. The summed E-state index contributed by atoms with van der Waals surface area (Å²) in [6.45, 7) is 2.09. The molecule has 0 saturated heterocycles. The molecule has 0 radical (unpaired) electrons. The molecule has 0 saturated carbocycles. The van der Waals surface area contributed by atoms with Gasteiger partial charge >= 0.3 is 0 Å². The lowest BCUT2D eigenvalue weighted by molar-refractivity contribution is 0.689. The topological polar surface area (TPSA) is 41.4 Å². The molecule has 36 heavy (non-hydrogen) atoms. The molecule has 6 heteroatoms. The van der Waals surface area contributed by atoms with Crippen molar-refractivity contribution in [1.82, 2.24) is 9.97 Å². The van der Waals surface area contributed by atoms with E-state index in [2.05, 4.69) is 83.5 Å². The second kappa shape index (κ2) is 9.49. The molecular weight excluding hydrogens is 532 g/mol. The van der Waals surface area contributed by atoms with Crippen LogP contribution in [0.25, 0.3) is 22.2 Å². The third-order valence-corrected chi connectivity index (χ3v) is 7.21. The second-order valence-corrected chi connectivity index (χ2v) is 10.3. The van der Waals surface area contributed by atoms with Crippen molar-refractivity contribution in [2.45, 2.75) is 19.4 Å². The summed E-state index contributed by atoms with van der Waals surface area (Å²) in [5.74, 6) is 0.568. The first-order valence-corrected chi connectivity index (χ1v) is 12.9. The summed E-state index contributed by atoms with van der Waals surface area (Å²) < 4.78 is 1.04. The number of fused-ring (bicyclic) bond motifs is 1. The summed E-state index contributed by atoms with van der Waals surface area (Å²) >= 11 is 9.93. The van der Waals surface area contributed by atoms with Crippen LogP contribution in [-0.4, -0.2) is 15.7 Å². The lowest BCUT2D eigenvalue weighted by Crippen LogP contribution is -2.21. The summed E-state index contributed by atoms with van der Waals surface area (Å²) in [4.78, 5) is 10.0. The van der Waals surface area contributed by atoms with Crippen LogP contribution in [0.4, 0.5) is 5.95 Å². The van der Waals surface area contributed by atoms with Crippen LogP contribution in [0.1, 0.15) is 29.2 Å². The minimum absolute atomic E-state index is 0.0252. The molecule has 0 N–H and O–H groups in total. The highest BCUT2D eigenvalue weighted by molar-refractivity contribution is 9.10. The van der Waals surface area contributed by atoms with Gasteiger partial charge in [0, 0.05) is 26.9 Å². The third kappa shape index (κ3) is 4.41. The minimum Gasteiger partial charge on any atom is -0.223 e. The van der Waals surface area contributed by atoms with Crippen molar-refractivity contribution in [3.63, 3.8) is 0 Å². The van der Waals surface area contributed by atoms with E-state index >= 15 is 0 Å². The summed E-state index contributed by atoms with van der Waals surface area (Å²) in [6.07, 6.45) is 0.757. The molecule has 0 unspecified atom stereocenters. The predicted molar refractivity (Wildman–Crippen MR) is 152 cm³/mol. The molecule has 0 fully saturated rings. The molecule has 4 aromatic carbocycles. The number of anilines is 1. The highest BCUT2D eigenvalue weighted by Gasteiger charge is 2.32. The van der Waals surface area contributed by atoms with Gasteiger partial charge in [-0.2, -0.15) is 5.10 Å². The second-order valence-electron chi connectivity index (χ2n) is 8.93. The highest BCUT2D eigenvalue weighted by Crippen LogP contribution is 2.38. The Kier molecular flexibility index (Phi) is 6.04. The van der Waals surface area contributed by atoms with Gasteiger partial charge in [-0.3, -0.25) is 0 Å². The van der Waals surface area contributed by atoms with Gasteiger partial charge in [0.2, 0.25) is 5.95 Å². The van der Waals surface area contributed by atoms with Gasteiger partial charge in [-0.15, -0.1) is 0 Å². The molecule has 1 atom stereocenters. The molecule has 0 bridgehead atoms. The fourth-order valence-electron chi connectivity index (χ4n) is 4.57. The van der Waals surface area contributed by atoms with Crippen molar-refractivity contribution in [3.05, 3.63) is 123 Å². The molecule has 4 nitrogen and oxygen atoms in total.